The Bertz CT molecular complexity index is 1090. The van der Waals surface area contributed by atoms with Gasteiger partial charge in [-0.05, 0) is 37.0 Å². The second-order valence-corrected chi connectivity index (χ2v) is 9.47. The normalized spacial score (nSPS) is 13.0. The van der Waals surface area contributed by atoms with E-state index in [0.717, 1.165) is 36.5 Å². The van der Waals surface area contributed by atoms with Crippen molar-refractivity contribution in [3.05, 3.63) is 63.7 Å². The quantitative estimate of drug-likeness (QED) is 0.359. The van der Waals surface area contributed by atoms with Gasteiger partial charge in [0.15, 0.2) is 0 Å². The summed E-state index contributed by atoms with van der Waals surface area (Å²) < 4.78 is 25.5. The van der Waals surface area contributed by atoms with Crippen molar-refractivity contribution >= 4 is 33.0 Å². The summed E-state index contributed by atoms with van der Waals surface area (Å²) in [6, 6.07) is 12.2. The molecule has 1 aliphatic rings. The lowest BCUT2D eigenvalue weighted by molar-refractivity contribution is -0.384. The first kappa shape index (κ1) is 22.5. The number of non-ortho nitro benzene ring substituents is 1. The number of para-hydroxylation sites is 1. The fourth-order valence-corrected chi connectivity index (χ4v) is 4.59. The van der Waals surface area contributed by atoms with Crippen LogP contribution in [0, 0.1) is 17.0 Å². The second-order valence-electron chi connectivity index (χ2n) is 7.57. The van der Waals surface area contributed by atoms with Crippen LogP contribution in [0.4, 0.5) is 17.1 Å². The molecular weight excluding hydrogens is 420 g/mol. The Balaban J connectivity index is 1.59. The van der Waals surface area contributed by atoms with Crippen LogP contribution in [0.1, 0.15) is 17.5 Å². The minimum atomic E-state index is -3.81. The second kappa shape index (κ2) is 9.34. The SMILES string of the molecule is Cc1ccc([N+](=O)[O-])cc1N(CC(=O)NCCCN1CCc2ccccc21)S(C)(=O)=O. The van der Waals surface area contributed by atoms with Crippen LogP contribution >= 0.6 is 0 Å². The van der Waals surface area contributed by atoms with E-state index in [0.29, 0.717) is 12.1 Å². The largest absolute Gasteiger partial charge is 0.371 e. The van der Waals surface area contributed by atoms with Crippen LogP contribution in [-0.2, 0) is 21.2 Å². The molecule has 0 aromatic heterocycles. The van der Waals surface area contributed by atoms with E-state index in [2.05, 4.69) is 22.3 Å². The maximum Gasteiger partial charge on any atom is 0.271 e. The summed E-state index contributed by atoms with van der Waals surface area (Å²) in [6.07, 6.45) is 2.70. The number of hydrogen-bond donors (Lipinski definition) is 1. The van der Waals surface area contributed by atoms with Crippen molar-refractivity contribution in [1.29, 1.82) is 0 Å². The third kappa shape index (κ3) is 5.52. The van der Waals surface area contributed by atoms with E-state index in [4.69, 9.17) is 0 Å². The number of nitro benzene ring substituents is 1. The van der Waals surface area contributed by atoms with Gasteiger partial charge in [0.2, 0.25) is 15.9 Å². The molecule has 0 atom stereocenters. The lowest BCUT2D eigenvalue weighted by Gasteiger charge is -2.23. The Hall–Kier alpha value is -3.14. The number of rotatable bonds is 9. The van der Waals surface area contributed by atoms with Crippen molar-refractivity contribution in [2.75, 3.05) is 41.6 Å². The van der Waals surface area contributed by atoms with Crippen LogP contribution in [0.15, 0.2) is 42.5 Å². The fraction of sp³-hybridized carbons (Fsp3) is 0.381. The van der Waals surface area contributed by atoms with Crippen molar-refractivity contribution in [2.24, 2.45) is 0 Å². The molecule has 1 heterocycles. The van der Waals surface area contributed by atoms with Crippen LogP contribution in [-0.4, -0.2) is 51.7 Å². The summed E-state index contributed by atoms with van der Waals surface area (Å²) in [4.78, 5) is 25.2. The van der Waals surface area contributed by atoms with Crippen LogP contribution in [0.3, 0.4) is 0 Å². The lowest BCUT2D eigenvalue weighted by atomic mass is 10.2. The topological polar surface area (TPSA) is 113 Å². The molecule has 0 unspecified atom stereocenters. The zero-order valence-electron chi connectivity index (χ0n) is 17.6. The molecule has 3 rings (SSSR count). The fourth-order valence-electron chi connectivity index (χ4n) is 3.68. The highest BCUT2D eigenvalue weighted by atomic mass is 32.2. The number of sulfonamides is 1. The Morgan fingerprint density at radius 1 is 1.26 bits per heavy atom. The number of nitro groups is 1. The standard InChI is InChI=1S/C21H26N4O5S/c1-16-8-9-18(25(27)28)14-20(16)24(31(2,29)30)15-21(26)22-11-5-12-23-13-10-17-6-3-4-7-19(17)23/h3-4,6-9,14H,5,10-13,15H2,1-2H3,(H,22,26). The summed E-state index contributed by atoms with van der Waals surface area (Å²) in [5, 5.41) is 13.8. The summed E-state index contributed by atoms with van der Waals surface area (Å²) in [5.74, 6) is -0.460. The van der Waals surface area contributed by atoms with Crippen molar-refractivity contribution in [3.63, 3.8) is 0 Å². The highest BCUT2D eigenvalue weighted by Crippen LogP contribution is 2.28. The van der Waals surface area contributed by atoms with Gasteiger partial charge >= 0.3 is 0 Å². The number of benzene rings is 2. The zero-order valence-corrected chi connectivity index (χ0v) is 18.4. The zero-order chi connectivity index (χ0) is 22.6. The van der Waals surface area contributed by atoms with Crippen LogP contribution in [0.25, 0.3) is 0 Å². The maximum absolute atomic E-state index is 12.4. The summed E-state index contributed by atoms with van der Waals surface area (Å²) >= 11 is 0. The van der Waals surface area contributed by atoms with Crippen LogP contribution < -0.4 is 14.5 Å². The first-order chi connectivity index (χ1) is 14.7. The van der Waals surface area contributed by atoms with Crippen molar-refractivity contribution in [2.45, 2.75) is 19.8 Å². The molecule has 1 N–H and O–H groups in total. The average Bonchev–Trinajstić information content (AvgIpc) is 3.12. The molecule has 2 aromatic carbocycles. The third-order valence-corrected chi connectivity index (χ3v) is 6.40. The summed E-state index contributed by atoms with van der Waals surface area (Å²) in [7, 11) is -3.81. The molecule has 0 aliphatic carbocycles. The minimum Gasteiger partial charge on any atom is -0.371 e. The minimum absolute atomic E-state index is 0.125. The first-order valence-electron chi connectivity index (χ1n) is 9.99. The molecule has 0 saturated carbocycles. The number of carbonyl (C=O) groups excluding carboxylic acids is 1. The molecule has 31 heavy (non-hydrogen) atoms. The number of nitrogens with zero attached hydrogens (tertiary/aromatic N) is 3. The molecule has 0 spiro atoms. The van der Waals surface area contributed by atoms with Gasteiger partial charge in [-0.2, -0.15) is 0 Å². The summed E-state index contributed by atoms with van der Waals surface area (Å²) in [5.41, 5.74) is 2.96. The summed E-state index contributed by atoms with van der Waals surface area (Å²) in [6.45, 7) is 3.34. The maximum atomic E-state index is 12.4. The van der Waals surface area contributed by atoms with Gasteiger partial charge in [0.05, 0.1) is 16.9 Å². The van der Waals surface area contributed by atoms with E-state index in [1.54, 1.807) is 6.92 Å². The highest BCUT2D eigenvalue weighted by molar-refractivity contribution is 7.92. The number of aryl methyl sites for hydroxylation is 1. The van der Waals surface area contributed by atoms with E-state index in [1.165, 1.54) is 29.4 Å². The number of anilines is 2. The molecule has 1 aliphatic heterocycles. The molecular formula is C21H26N4O5S. The first-order valence-corrected chi connectivity index (χ1v) is 11.8. The monoisotopic (exact) mass is 446 g/mol. The molecule has 0 radical (unpaired) electrons. The third-order valence-electron chi connectivity index (χ3n) is 5.27. The number of nitrogens with one attached hydrogen (secondary N) is 1. The number of fused-ring (bicyclic) bond motifs is 1. The number of amides is 1. The Labute approximate surface area is 181 Å². The molecule has 1 amide bonds. The van der Waals surface area contributed by atoms with Gasteiger partial charge < -0.3 is 10.2 Å². The molecule has 9 nitrogen and oxygen atoms in total. The molecule has 10 heteroatoms. The Morgan fingerprint density at radius 3 is 2.71 bits per heavy atom. The average molecular weight is 447 g/mol. The van der Waals surface area contributed by atoms with Gasteiger partial charge in [-0.25, -0.2) is 8.42 Å². The van der Waals surface area contributed by atoms with E-state index in [9.17, 15) is 23.3 Å². The Kier molecular flexibility index (Phi) is 6.79. The van der Waals surface area contributed by atoms with Crippen molar-refractivity contribution < 1.29 is 18.1 Å². The lowest BCUT2D eigenvalue weighted by Crippen LogP contribution is -2.41. The number of hydrogen-bond acceptors (Lipinski definition) is 6. The molecule has 2 aromatic rings. The van der Waals surface area contributed by atoms with Gasteiger partial charge in [-0.15, -0.1) is 0 Å². The van der Waals surface area contributed by atoms with Gasteiger partial charge in [-0.3, -0.25) is 19.2 Å². The van der Waals surface area contributed by atoms with Crippen LogP contribution in [0.2, 0.25) is 0 Å². The Morgan fingerprint density at radius 2 is 2.00 bits per heavy atom. The van der Waals surface area contributed by atoms with E-state index < -0.39 is 27.4 Å². The van der Waals surface area contributed by atoms with E-state index >= 15 is 0 Å². The van der Waals surface area contributed by atoms with Gasteiger partial charge in [0.1, 0.15) is 6.54 Å². The molecule has 166 valence electrons. The predicted molar refractivity (Wildman–Crippen MR) is 120 cm³/mol. The smallest absolute Gasteiger partial charge is 0.271 e. The highest BCUT2D eigenvalue weighted by Gasteiger charge is 2.24. The van der Waals surface area contributed by atoms with E-state index in [-0.39, 0.29) is 11.4 Å². The molecule has 0 bridgehead atoms. The van der Waals surface area contributed by atoms with Crippen molar-refractivity contribution in [1.82, 2.24) is 5.32 Å². The van der Waals surface area contributed by atoms with Gasteiger partial charge in [0, 0.05) is 37.5 Å². The van der Waals surface area contributed by atoms with Gasteiger partial charge in [0.25, 0.3) is 5.69 Å². The predicted octanol–water partition coefficient (Wildman–Crippen LogP) is 2.24. The van der Waals surface area contributed by atoms with E-state index in [1.807, 2.05) is 12.1 Å². The van der Waals surface area contributed by atoms with Gasteiger partial charge in [-0.1, -0.05) is 24.3 Å². The number of carbonyl (C=O) groups is 1. The molecule has 0 fully saturated rings. The van der Waals surface area contributed by atoms with Crippen LogP contribution in [0.5, 0.6) is 0 Å². The van der Waals surface area contributed by atoms with Crippen molar-refractivity contribution in [3.8, 4) is 0 Å². The molecule has 0 saturated heterocycles.